The highest BCUT2D eigenvalue weighted by Gasteiger charge is 2.35. The average molecular weight is 438 g/mol. The van der Waals surface area contributed by atoms with E-state index in [1.54, 1.807) is 13.4 Å². The number of nitrogens with one attached hydrogen (secondary N) is 1. The van der Waals surface area contributed by atoms with E-state index in [0.29, 0.717) is 30.4 Å². The van der Waals surface area contributed by atoms with Gasteiger partial charge in [-0.2, -0.15) is 5.26 Å². The van der Waals surface area contributed by atoms with E-state index in [-0.39, 0.29) is 11.7 Å². The number of carbonyl (C=O) groups is 1. The summed E-state index contributed by atoms with van der Waals surface area (Å²) in [4.78, 5) is 12.5. The second-order valence-corrected chi connectivity index (χ2v) is 8.38. The van der Waals surface area contributed by atoms with Gasteiger partial charge in [0.05, 0.1) is 31.7 Å². The van der Waals surface area contributed by atoms with Gasteiger partial charge in [0.25, 0.3) is 0 Å². The van der Waals surface area contributed by atoms with Crippen LogP contribution in [-0.2, 0) is 11.3 Å². The summed E-state index contributed by atoms with van der Waals surface area (Å²) in [6, 6.07) is 13.6. The molecule has 0 aliphatic heterocycles. The lowest BCUT2D eigenvalue weighted by Gasteiger charge is -2.21. The number of carbonyl (C=O) groups excluding carboxylic acids is 1. The summed E-state index contributed by atoms with van der Waals surface area (Å²) >= 11 is 1.29. The predicted molar refractivity (Wildman–Crippen MR) is 115 cm³/mol. The molecule has 0 atom stereocenters. The van der Waals surface area contributed by atoms with Crippen LogP contribution in [0.15, 0.2) is 52.2 Å². The van der Waals surface area contributed by atoms with Crippen molar-refractivity contribution in [2.24, 2.45) is 0 Å². The van der Waals surface area contributed by atoms with Gasteiger partial charge in [-0.15, -0.1) is 10.2 Å². The number of methoxy groups -OCH3 is 1. The number of nitriles is 1. The number of hydrogen-bond acceptors (Lipinski definition) is 7. The van der Waals surface area contributed by atoms with Crippen molar-refractivity contribution in [3.8, 4) is 23.2 Å². The third-order valence-electron chi connectivity index (χ3n) is 5.32. The van der Waals surface area contributed by atoms with E-state index in [9.17, 15) is 10.1 Å². The zero-order valence-electron chi connectivity index (χ0n) is 17.2. The fourth-order valence-corrected chi connectivity index (χ4v) is 4.49. The highest BCUT2D eigenvalue weighted by Crippen LogP contribution is 2.30. The predicted octanol–water partition coefficient (Wildman–Crippen LogP) is 3.64. The van der Waals surface area contributed by atoms with Crippen molar-refractivity contribution in [3.05, 3.63) is 48.4 Å². The van der Waals surface area contributed by atoms with Crippen molar-refractivity contribution < 1.29 is 13.9 Å². The maximum atomic E-state index is 12.5. The van der Waals surface area contributed by atoms with E-state index in [2.05, 4.69) is 21.6 Å². The van der Waals surface area contributed by atoms with Gasteiger partial charge in [-0.3, -0.25) is 9.36 Å². The van der Waals surface area contributed by atoms with Crippen LogP contribution in [0.4, 0.5) is 0 Å². The summed E-state index contributed by atoms with van der Waals surface area (Å²) in [5.41, 5.74) is 0.120. The first kappa shape index (κ1) is 21.0. The summed E-state index contributed by atoms with van der Waals surface area (Å²) in [5, 5.41) is 21.7. The van der Waals surface area contributed by atoms with E-state index in [4.69, 9.17) is 9.15 Å². The van der Waals surface area contributed by atoms with E-state index < -0.39 is 5.54 Å². The first-order valence-electron chi connectivity index (χ1n) is 10.1. The smallest absolute Gasteiger partial charge is 0.231 e. The molecule has 31 heavy (non-hydrogen) atoms. The monoisotopic (exact) mass is 437 g/mol. The Balaban J connectivity index is 1.55. The zero-order chi connectivity index (χ0) is 21.7. The topological polar surface area (TPSA) is 106 Å². The molecule has 2 heterocycles. The lowest BCUT2D eigenvalue weighted by molar-refractivity contribution is -0.119. The standard InChI is InChI=1S/C22H23N5O3S/c1-29-17-7-4-6-16(12-17)20-25-26-21(27(20)13-18-8-5-11-30-18)31-14-19(28)24-22(15-23)9-2-3-10-22/h4-8,11-12H,2-3,9-10,13-14H2,1H3,(H,24,28). The van der Waals surface area contributed by atoms with Gasteiger partial charge in [-0.25, -0.2) is 0 Å². The van der Waals surface area contributed by atoms with Gasteiger partial charge in [0, 0.05) is 5.56 Å². The van der Waals surface area contributed by atoms with Gasteiger partial charge in [-0.1, -0.05) is 23.9 Å². The van der Waals surface area contributed by atoms with Crippen LogP contribution < -0.4 is 10.1 Å². The molecule has 3 aromatic rings. The fourth-order valence-electron chi connectivity index (χ4n) is 3.75. The van der Waals surface area contributed by atoms with Crippen molar-refractivity contribution >= 4 is 17.7 Å². The maximum absolute atomic E-state index is 12.5. The van der Waals surface area contributed by atoms with Crippen molar-refractivity contribution in [3.63, 3.8) is 0 Å². The highest BCUT2D eigenvalue weighted by atomic mass is 32.2. The summed E-state index contributed by atoms with van der Waals surface area (Å²) in [5.74, 6) is 2.10. The SMILES string of the molecule is COc1cccc(-c2nnc(SCC(=O)NC3(C#N)CCCC3)n2Cc2ccco2)c1. The normalized spacial score (nSPS) is 14.8. The number of nitrogens with zero attached hydrogens (tertiary/aromatic N) is 4. The molecule has 8 nitrogen and oxygen atoms in total. The van der Waals surface area contributed by atoms with Crippen LogP contribution in [0.3, 0.4) is 0 Å². The van der Waals surface area contributed by atoms with Crippen LogP contribution in [0, 0.1) is 11.3 Å². The molecule has 160 valence electrons. The van der Waals surface area contributed by atoms with E-state index >= 15 is 0 Å². The van der Waals surface area contributed by atoms with E-state index in [0.717, 1.165) is 29.9 Å². The number of hydrogen-bond donors (Lipinski definition) is 1. The third kappa shape index (κ3) is 4.75. The summed E-state index contributed by atoms with van der Waals surface area (Å²) < 4.78 is 12.8. The van der Waals surface area contributed by atoms with Crippen LogP contribution in [-0.4, -0.2) is 39.1 Å². The molecule has 1 fully saturated rings. The lowest BCUT2D eigenvalue weighted by atomic mass is 10.0. The number of rotatable bonds is 8. The van der Waals surface area contributed by atoms with Crippen LogP contribution in [0.1, 0.15) is 31.4 Å². The molecule has 1 N–H and O–H groups in total. The quantitative estimate of drug-likeness (QED) is 0.536. The van der Waals surface area contributed by atoms with Crippen molar-refractivity contribution in [1.29, 1.82) is 5.26 Å². The molecule has 1 aliphatic carbocycles. The van der Waals surface area contributed by atoms with Crippen LogP contribution in [0.5, 0.6) is 5.75 Å². The van der Waals surface area contributed by atoms with Gasteiger partial charge < -0.3 is 14.5 Å². The molecule has 1 aromatic carbocycles. The Morgan fingerprint density at radius 2 is 2.16 bits per heavy atom. The van der Waals surface area contributed by atoms with Crippen molar-refractivity contribution in [1.82, 2.24) is 20.1 Å². The molecular formula is C22H23N5O3S. The number of aromatic nitrogens is 3. The Morgan fingerprint density at radius 1 is 1.32 bits per heavy atom. The first-order chi connectivity index (χ1) is 15.1. The molecule has 0 unspecified atom stereocenters. The van der Waals surface area contributed by atoms with Gasteiger partial charge in [0.2, 0.25) is 5.91 Å². The number of benzene rings is 1. The van der Waals surface area contributed by atoms with Gasteiger partial charge in [-0.05, 0) is 49.9 Å². The average Bonchev–Trinajstić information content (AvgIpc) is 3.55. The van der Waals surface area contributed by atoms with Crippen LogP contribution in [0.25, 0.3) is 11.4 Å². The Bertz CT molecular complexity index is 1080. The Labute approximate surface area is 184 Å². The first-order valence-corrected chi connectivity index (χ1v) is 11.1. The fraction of sp³-hybridized carbons (Fsp3) is 0.364. The molecule has 1 aliphatic rings. The largest absolute Gasteiger partial charge is 0.497 e. The van der Waals surface area contributed by atoms with E-state index in [1.165, 1.54) is 11.8 Å². The molecule has 0 bridgehead atoms. The molecular weight excluding hydrogens is 414 g/mol. The summed E-state index contributed by atoms with van der Waals surface area (Å²) in [7, 11) is 1.62. The second kappa shape index (κ2) is 9.27. The molecule has 0 spiro atoms. The summed E-state index contributed by atoms with van der Waals surface area (Å²) in [6.07, 6.45) is 4.95. The third-order valence-corrected chi connectivity index (χ3v) is 6.29. The Hall–Kier alpha value is -3.25. The Morgan fingerprint density at radius 3 is 2.87 bits per heavy atom. The van der Waals surface area contributed by atoms with E-state index in [1.807, 2.05) is 41.0 Å². The van der Waals surface area contributed by atoms with Crippen LogP contribution in [0.2, 0.25) is 0 Å². The molecule has 0 radical (unpaired) electrons. The molecule has 4 rings (SSSR count). The van der Waals surface area contributed by atoms with Gasteiger partial charge in [0.15, 0.2) is 11.0 Å². The molecule has 1 saturated carbocycles. The Kier molecular flexibility index (Phi) is 6.28. The van der Waals surface area contributed by atoms with Crippen molar-refractivity contribution in [2.75, 3.05) is 12.9 Å². The molecule has 9 heteroatoms. The number of amides is 1. The molecule has 0 saturated heterocycles. The summed E-state index contributed by atoms with van der Waals surface area (Å²) in [6.45, 7) is 0.429. The zero-order valence-corrected chi connectivity index (χ0v) is 18.0. The lowest BCUT2D eigenvalue weighted by Crippen LogP contribution is -2.45. The van der Waals surface area contributed by atoms with Crippen molar-refractivity contribution in [2.45, 2.75) is 42.9 Å². The highest BCUT2D eigenvalue weighted by molar-refractivity contribution is 7.99. The number of furan rings is 1. The minimum absolute atomic E-state index is 0.151. The van der Waals surface area contributed by atoms with Gasteiger partial charge >= 0.3 is 0 Å². The maximum Gasteiger partial charge on any atom is 0.231 e. The molecule has 1 amide bonds. The van der Waals surface area contributed by atoms with Crippen LogP contribution >= 0.6 is 11.8 Å². The minimum Gasteiger partial charge on any atom is -0.497 e. The second-order valence-electron chi connectivity index (χ2n) is 7.44. The number of ether oxygens (including phenoxy) is 1. The minimum atomic E-state index is -0.731. The molecule has 2 aromatic heterocycles. The number of thioether (sulfide) groups is 1. The van der Waals surface area contributed by atoms with Gasteiger partial charge in [0.1, 0.15) is 17.0 Å².